The molecule has 0 saturated carbocycles. The molecule has 2 aromatic carbocycles. The number of amides is 1. The Morgan fingerprint density at radius 3 is 2.36 bits per heavy atom. The average molecular weight is 440 g/mol. The normalized spacial score (nSPS) is 12.1. The summed E-state index contributed by atoms with van der Waals surface area (Å²) in [5.41, 5.74) is 4.22. The number of benzene rings is 2. The first kappa shape index (κ1) is 22.9. The smallest absolute Gasteiger partial charge is 0.230 e. The molecule has 152 valence electrons. The number of thioether (sulfide) groups is 1. The maximum absolute atomic E-state index is 12.4. The summed E-state index contributed by atoms with van der Waals surface area (Å²) in [6, 6.07) is 9.53. The molecule has 0 spiro atoms. The van der Waals surface area contributed by atoms with Crippen LogP contribution in [0.25, 0.3) is 0 Å². The van der Waals surface area contributed by atoms with E-state index in [0.717, 1.165) is 28.0 Å². The van der Waals surface area contributed by atoms with Gasteiger partial charge in [0.2, 0.25) is 5.91 Å². The summed E-state index contributed by atoms with van der Waals surface area (Å²) >= 11 is 13.9. The first-order valence-corrected chi connectivity index (χ1v) is 11.1. The number of methoxy groups -OCH3 is 1. The molecule has 28 heavy (non-hydrogen) atoms. The minimum Gasteiger partial charge on any atom is -0.496 e. The molecule has 0 radical (unpaired) electrons. The third kappa shape index (κ3) is 5.82. The molecule has 0 aliphatic rings. The predicted octanol–water partition coefficient (Wildman–Crippen LogP) is 6.54. The fourth-order valence-electron chi connectivity index (χ4n) is 3.09. The number of hydrogen-bond donors (Lipinski definition) is 1. The van der Waals surface area contributed by atoms with Gasteiger partial charge in [0.05, 0.1) is 18.9 Å². The molecule has 6 heteroatoms. The fourth-order valence-corrected chi connectivity index (χ4v) is 4.66. The Hall–Kier alpha value is -1.36. The van der Waals surface area contributed by atoms with E-state index in [1.54, 1.807) is 7.11 Å². The summed E-state index contributed by atoms with van der Waals surface area (Å²) in [6.07, 6.45) is 0. The van der Waals surface area contributed by atoms with Crippen LogP contribution in [-0.4, -0.2) is 18.8 Å². The molecule has 2 aromatic rings. The van der Waals surface area contributed by atoms with Gasteiger partial charge >= 0.3 is 0 Å². The number of hydrogen-bond acceptors (Lipinski definition) is 3. The van der Waals surface area contributed by atoms with Gasteiger partial charge in [0.1, 0.15) is 5.75 Å². The first-order valence-electron chi connectivity index (χ1n) is 9.23. The van der Waals surface area contributed by atoms with Gasteiger partial charge in [0.15, 0.2) is 0 Å². The van der Waals surface area contributed by atoms with Crippen molar-refractivity contribution in [3.05, 3.63) is 62.6 Å². The number of halogens is 2. The molecule has 1 atom stereocenters. The molecule has 0 bridgehead atoms. The lowest BCUT2D eigenvalue weighted by Gasteiger charge is -2.21. The minimum atomic E-state index is -0.0830. The molecule has 2 rings (SSSR count). The van der Waals surface area contributed by atoms with Crippen LogP contribution in [0, 0.1) is 6.92 Å². The predicted molar refractivity (Wildman–Crippen MR) is 121 cm³/mol. The lowest BCUT2D eigenvalue weighted by Crippen LogP contribution is -2.28. The van der Waals surface area contributed by atoms with Gasteiger partial charge in [-0.3, -0.25) is 4.79 Å². The summed E-state index contributed by atoms with van der Waals surface area (Å²) < 4.78 is 5.51. The molecular weight excluding hydrogens is 413 g/mol. The Kier molecular flexibility index (Phi) is 8.54. The van der Waals surface area contributed by atoms with Crippen molar-refractivity contribution in [2.45, 2.75) is 45.4 Å². The summed E-state index contributed by atoms with van der Waals surface area (Å²) in [5.74, 6) is 2.16. The molecule has 1 amide bonds. The van der Waals surface area contributed by atoms with Gasteiger partial charge in [0.25, 0.3) is 0 Å². The summed E-state index contributed by atoms with van der Waals surface area (Å²) in [4.78, 5) is 12.4. The van der Waals surface area contributed by atoms with E-state index in [2.05, 4.69) is 25.2 Å². The maximum atomic E-state index is 12.4. The maximum Gasteiger partial charge on any atom is 0.230 e. The van der Waals surface area contributed by atoms with Gasteiger partial charge in [-0.05, 0) is 66.3 Å². The molecule has 0 fully saturated rings. The van der Waals surface area contributed by atoms with E-state index >= 15 is 0 Å². The zero-order valence-corrected chi connectivity index (χ0v) is 19.3. The van der Waals surface area contributed by atoms with Gasteiger partial charge in [-0.1, -0.05) is 43.1 Å². The van der Waals surface area contributed by atoms with Gasteiger partial charge in [-0.2, -0.15) is 0 Å². The number of aryl methyl sites for hydroxylation is 1. The van der Waals surface area contributed by atoms with E-state index < -0.39 is 0 Å². The highest BCUT2D eigenvalue weighted by Gasteiger charge is 2.17. The van der Waals surface area contributed by atoms with E-state index in [1.807, 2.05) is 38.1 Å². The second-order valence-electron chi connectivity index (χ2n) is 7.09. The number of nitrogens with one attached hydrogen (secondary N) is 1. The van der Waals surface area contributed by atoms with Gasteiger partial charge in [-0.15, -0.1) is 11.8 Å². The summed E-state index contributed by atoms with van der Waals surface area (Å²) in [5, 5.41) is 4.35. The van der Waals surface area contributed by atoms with Crippen LogP contribution in [-0.2, 0) is 10.5 Å². The van der Waals surface area contributed by atoms with Crippen LogP contribution in [0.3, 0.4) is 0 Å². The zero-order chi connectivity index (χ0) is 20.8. The van der Waals surface area contributed by atoms with Crippen LogP contribution >= 0.6 is 35.0 Å². The van der Waals surface area contributed by atoms with Gasteiger partial charge in [0, 0.05) is 15.8 Å². The van der Waals surface area contributed by atoms with Gasteiger partial charge < -0.3 is 10.1 Å². The molecule has 0 aromatic heterocycles. The van der Waals surface area contributed by atoms with Crippen LogP contribution < -0.4 is 10.1 Å². The highest BCUT2D eigenvalue weighted by Crippen LogP contribution is 2.32. The van der Waals surface area contributed by atoms with E-state index in [-0.39, 0.29) is 11.9 Å². The van der Waals surface area contributed by atoms with Crippen molar-refractivity contribution in [2.24, 2.45) is 0 Å². The molecule has 0 aliphatic carbocycles. The second-order valence-corrected chi connectivity index (χ2v) is 8.89. The number of carbonyl (C=O) groups is 1. The van der Waals surface area contributed by atoms with Crippen molar-refractivity contribution in [1.29, 1.82) is 0 Å². The van der Waals surface area contributed by atoms with Gasteiger partial charge in [-0.25, -0.2) is 0 Å². The van der Waals surface area contributed by atoms with E-state index in [0.29, 0.717) is 27.5 Å². The Labute approximate surface area is 182 Å². The van der Waals surface area contributed by atoms with Crippen LogP contribution in [0.5, 0.6) is 5.75 Å². The highest BCUT2D eigenvalue weighted by atomic mass is 35.5. The largest absolute Gasteiger partial charge is 0.496 e. The van der Waals surface area contributed by atoms with Crippen LogP contribution in [0.15, 0.2) is 30.3 Å². The Morgan fingerprint density at radius 1 is 1.14 bits per heavy atom. The van der Waals surface area contributed by atoms with Crippen molar-refractivity contribution in [2.75, 3.05) is 12.9 Å². The standard InChI is InChI=1S/C22H27Cl2NO2S/c1-13(2)16-10-17(14(3)9-21(16)27-5)15(4)25-22(26)12-28-11-18-19(23)7-6-8-20(18)24/h6-10,13,15H,11-12H2,1-5H3,(H,25,26)/t15-/m0/s1. The molecule has 0 saturated heterocycles. The van der Waals surface area contributed by atoms with Crippen molar-refractivity contribution in [3.8, 4) is 5.75 Å². The Balaban J connectivity index is 1.99. The molecule has 3 nitrogen and oxygen atoms in total. The van der Waals surface area contributed by atoms with E-state index in [1.165, 1.54) is 11.8 Å². The fraction of sp³-hybridized carbons (Fsp3) is 0.409. The van der Waals surface area contributed by atoms with E-state index in [4.69, 9.17) is 27.9 Å². The number of carbonyl (C=O) groups excluding carboxylic acids is 1. The SMILES string of the molecule is COc1cc(C)c([C@H](C)NC(=O)CSCc2c(Cl)cccc2Cl)cc1C(C)C. The molecule has 1 N–H and O–H groups in total. The third-order valence-corrected chi connectivity index (χ3v) is 6.29. The number of ether oxygens (including phenoxy) is 1. The molecule has 0 aliphatic heterocycles. The molecule has 0 heterocycles. The topological polar surface area (TPSA) is 38.3 Å². The molecular formula is C22H27Cl2NO2S. The quantitative estimate of drug-likeness (QED) is 0.506. The Morgan fingerprint density at radius 2 is 1.79 bits per heavy atom. The van der Waals surface area contributed by atoms with Crippen LogP contribution in [0.4, 0.5) is 0 Å². The highest BCUT2D eigenvalue weighted by molar-refractivity contribution is 7.99. The first-order chi connectivity index (χ1) is 13.2. The van der Waals surface area contributed by atoms with Crippen LogP contribution in [0.1, 0.15) is 55.0 Å². The lowest BCUT2D eigenvalue weighted by molar-refractivity contribution is -0.119. The third-order valence-electron chi connectivity index (χ3n) is 4.63. The van der Waals surface area contributed by atoms with Crippen LogP contribution in [0.2, 0.25) is 10.0 Å². The Bertz CT molecular complexity index is 819. The van der Waals surface area contributed by atoms with Crippen molar-refractivity contribution < 1.29 is 9.53 Å². The van der Waals surface area contributed by atoms with E-state index in [9.17, 15) is 4.79 Å². The van der Waals surface area contributed by atoms with Crippen molar-refractivity contribution in [1.82, 2.24) is 5.32 Å². The zero-order valence-electron chi connectivity index (χ0n) is 16.9. The monoisotopic (exact) mass is 439 g/mol. The summed E-state index contributed by atoms with van der Waals surface area (Å²) in [6.45, 7) is 8.32. The summed E-state index contributed by atoms with van der Waals surface area (Å²) in [7, 11) is 1.69. The van der Waals surface area contributed by atoms with Crippen molar-refractivity contribution >= 4 is 40.9 Å². The second kappa shape index (κ2) is 10.4. The minimum absolute atomic E-state index is 0.0120. The van der Waals surface area contributed by atoms with Crippen molar-refractivity contribution in [3.63, 3.8) is 0 Å². The number of rotatable bonds is 8. The lowest BCUT2D eigenvalue weighted by atomic mass is 9.93. The average Bonchev–Trinajstić information content (AvgIpc) is 2.63. The molecule has 0 unspecified atom stereocenters.